The summed E-state index contributed by atoms with van der Waals surface area (Å²) in [7, 11) is 0. The third kappa shape index (κ3) is 1.95. The zero-order chi connectivity index (χ0) is 11.3. The molecule has 0 saturated carbocycles. The monoisotopic (exact) mass is 213 g/mol. The van der Waals surface area contributed by atoms with Crippen LogP contribution in [0.4, 0.5) is 4.79 Å². The fraction of sp³-hybridized carbons (Fsp3) is 0.909. The van der Waals surface area contributed by atoms with Crippen molar-refractivity contribution in [2.24, 2.45) is 5.41 Å². The highest BCUT2D eigenvalue weighted by Gasteiger charge is 2.53. The summed E-state index contributed by atoms with van der Waals surface area (Å²) in [6.45, 7) is 7.70. The predicted molar refractivity (Wildman–Crippen MR) is 55.9 cm³/mol. The van der Waals surface area contributed by atoms with Crippen LogP contribution in [0, 0.1) is 5.41 Å². The lowest BCUT2D eigenvalue weighted by Crippen LogP contribution is -2.53. The molecular formula is C11H19NO3. The van der Waals surface area contributed by atoms with E-state index < -0.39 is 6.09 Å². The summed E-state index contributed by atoms with van der Waals surface area (Å²) < 4.78 is 5.47. The van der Waals surface area contributed by atoms with Gasteiger partial charge in [0.25, 0.3) is 0 Å². The Hall–Kier alpha value is -0.770. The lowest BCUT2D eigenvalue weighted by molar-refractivity contribution is 0.0299. The molecule has 0 aromatic heterocycles. The van der Waals surface area contributed by atoms with Crippen molar-refractivity contribution >= 4 is 6.09 Å². The molecule has 4 nitrogen and oxygen atoms in total. The summed E-state index contributed by atoms with van der Waals surface area (Å²) in [4.78, 5) is 12.7. The van der Waals surface area contributed by atoms with Gasteiger partial charge in [-0.25, -0.2) is 4.79 Å². The van der Waals surface area contributed by atoms with E-state index in [0.29, 0.717) is 6.54 Å². The summed E-state index contributed by atoms with van der Waals surface area (Å²) in [5, 5.41) is 9.15. The van der Waals surface area contributed by atoms with Gasteiger partial charge in [0.05, 0.1) is 12.2 Å². The van der Waals surface area contributed by atoms with Crippen LogP contribution in [-0.2, 0) is 4.74 Å². The molecule has 2 unspecified atom stereocenters. The van der Waals surface area contributed by atoms with Gasteiger partial charge in [-0.15, -0.1) is 0 Å². The fourth-order valence-electron chi connectivity index (χ4n) is 2.41. The Morgan fingerprint density at radius 2 is 2.13 bits per heavy atom. The third-order valence-corrected chi connectivity index (χ3v) is 3.55. The Labute approximate surface area is 90.2 Å². The van der Waals surface area contributed by atoms with Crippen LogP contribution in [0.3, 0.4) is 0 Å². The first kappa shape index (κ1) is 10.7. The van der Waals surface area contributed by atoms with E-state index in [2.05, 4.69) is 20.8 Å². The van der Waals surface area contributed by atoms with E-state index in [4.69, 9.17) is 9.84 Å². The Kier molecular flexibility index (Phi) is 2.23. The van der Waals surface area contributed by atoms with E-state index in [1.807, 2.05) is 0 Å². The minimum Gasteiger partial charge on any atom is -0.465 e. The Bertz CT molecular complexity index is 278. The molecule has 1 spiro atoms. The van der Waals surface area contributed by atoms with Gasteiger partial charge in [-0.2, -0.15) is 0 Å². The Morgan fingerprint density at radius 1 is 1.53 bits per heavy atom. The van der Waals surface area contributed by atoms with Gasteiger partial charge in [-0.1, -0.05) is 20.8 Å². The minimum atomic E-state index is -0.801. The van der Waals surface area contributed by atoms with Crippen molar-refractivity contribution in [2.75, 3.05) is 13.2 Å². The molecule has 15 heavy (non-hydrogen) atoms. The second kappa shape index (κ2) is 3.11. The number of hydrogen-bond donors (Lipinski definition) is 1. The first-order valence-corrected chi connectivity index (χ1v) is 5.48. The zero-order valence-electron chi connectivity index (χ0n) is 9.62. The van der Waals surface area contributed by atoms with Crippen molar-refractivity contribution in [1.82, 2.24) is 4.90 Å². The number of hydrogen-bond acceptors (Lipinski definition) is 2. The molecule has 86 valence electrons. The van der Waals surface area contributed by atoms with Crippen LogP contribution >= 0.6 is 0 Å². The molecule has 2 rings (SSSR count). The summed E-state index contributed by atoms with van der Waals surface area (Å²) in [5.74, 6) is 0. The molecule has 1 amide bonds. The molecule has 1 N–H and O–H groups in total. The summed E-state index contributed by atoms with van der Waals surface area (Å²) >= 11 is 0. The van der Waals surface area contributed by atoms with Crippen LogP contribution in [-0.4, -0.2) is 40.9 Å². The molecule has 0 aliphatic carbocycles. The molecule has 4 heteroatoms. The maximum atomic E-state index is 11.1. The van der Waals surface area contributed by atoms with Crippen LogP contribution in [0.1, 0.15) is 33.6 Å². The Balaban J connectivity index is 2.16. The van der Waals surface area contributed by atoms with Crippen LogP contribution in [0.25, 0.3) is 0 Å². The van der Waals surface area contributed by atoms with E-state index in [0.717, 1.165) is 19.4 Å². The van der Waals surface area contributed by atoms with Crippen LogP contribution in [0.5, 0.6) is 0 Å². The lowest BCUT2D eigenvalue weighted by Gasteiger charge is -2.43. The lowest BCUT2D eigenvalue weighted by atomic mass is 9.77. The molecule has 2 aliphatic heterocycles. The standard InChI is InChI=1S/C11H19NO3/c1-10(2,3)8-6-11(7-15-11)4-5-12(8)9(13)14/h8H,4-7H2,1-3H3,(H,13,14). The number of carboxylic acid groups (broad SMARTS) is 1. The van der Waals surface area contributed by atoms with Crippen molar-refractivity contribution in [3.8, 4) is 0 Å². The average molecular weight is 213 g/mol. The van der Waals surface area contributed by atoms with Gasteiger partial charge in [-0.3, -0.25) is 0 Å². The highest BCUT2D eigenvalue weighted by Crippen LogP contribution is 2.44. The van der Waals surface area contributed by atoms with E-state index >= 15 is 0 Å². The molecule has 2 aliphatic rings. The molecule has 0 radical (unpaired) electrons. The van der Waals surface area contributed by atoms with Crippen molar-refractivity contribution in [1.29, 1.82) is 0 Å². The minimum absolute atomic E-state index is 0.0161. The van der Waals surface area contributed by atoms with Crippen molar-refractivity contribution < 1.29 is 14.6 Å². The average Bonchev–Trinajstić information content (AvgIpc) is 2.83. The number of epoxide rings is 1. The van der Waals surface area contributed by atoms with E-state index in [1.54, 1.807) is 4.90 Å². The molecule has 2 heterocycles. The summed E-state index contributed by atoms with van der Waals surface area (Å²) in [6.07, 6.45) is 0.903. The first-order chi connectivity index (χ1) is 6.84. The number of carbonyl (C=O) groups is 1. The molecule has 2 atom stereocenters. The summed E-state index contributed by atoms with van der Waals surface area (Å²) in [6, 6.07) is 0.0752. The van der Waals surface area contributed by atoms with Gasteiger partial charge in [0, 0.05) is 12.6 Å². The predicted octanol–water partition coefficient (Wildman–Crippen LogP) is 1.94. The number of piperidine rings is 1. The highest BCUT2D eigenvalue weighted by atomic mass is 16.6. The van der Waals surface area contributed by atoms with Gasteiger partial charge >= 0.3 is 6.09 Å². The second-order valence-corrected chi connectivity index (χ2v) is 5.78. The highest BCUT2D eigenvalue weighted by molar-refractivity contribution is 5.65. The Morgan fingerprint density at radius 3 is 2.53 bits per heavy atom. The molecule has 0 bridgehead atoms. The second-order valence-electron chi connectivity index (χ2n) is 5.78. The van der Waals surface area contributed by atoms with Gasteiger partial charge in [0.1, 0.15) is 0 Å². The fourth-order valence-corrected chi connectivity index (χ4v) is 2.41. The number of likely N-dealkylation sites (tertiary alicyclic amines) is 1. The maximum Gasteiger partial charge on any atom is 0.407 e. The molecule has 2 saturated heterocycles. The van der Waals surface area contributed by atoms with Gasteiger partial charge < -0.3 is 14.7 Å². The van der Waals surface area contributed by atoms with Crippen LogP contribution in [0.2, 0.25) is 0 Å². The summed E-state index contributed by atoms with van der Waals surface area (Å²) in [5.41, 5.74) is 0.00164. The molecular weight excluding hydrogens is 194 g/mol. The SMILES string of the molecule is CC(C)(C)C1CC2(CCN1C(=O)O)CO2. The smallest absolute Gasteiger partial charge is 0.407 e. The quantitative estimate of drug-likeness (QED) is 0.626. The van der Waals surface area contributed by atoms with Crippen molar-refractivity contribution in [3.63, 3.8) is 0 Å². The zero-order valence-corrected chi connectivity index (χ0v) is 9.62. The number of ether oxygens (including phenoxy) is 1. The van der Waals surface area contributed by atoms with Crippen LogP contribution < -0.4 is 0 Å². The first-order valence-electron chi connectivity index (χ1n) is 5.48. The molecule has 0 aromatic rings. The van der Waals surface area contributed by atoms with E-state index in [1.165, 1.54) is 0 Å². The maximum absolute atomic E-state index is 11.1. The number of rotatable bonds is 0. The van der Waals surface area contributed by atoms with Crippen molar-refractivity contribution in [2.45, 2.75) is 45.3 Å². The normalized spacial score (nSPS) is 35.7. The number of nitrogens with zero attached hydrogens (tertiary/aromatic N) is 1. The van der Waals surface area contributed by atoms with Gasteiger partial charge in [-0.05, 0) is 18.3 Å². The largest absolute Gasteiger partial charge is 0.465 e. The third-order valence-electron chi connectivity index (χ3n) is 3.55. The van der Waals surface area contributed by atoms with E-state index in [9.17, 15) is 4.79 Å². The topological polar surface area (TPSA) is 53.1 Å². The van der Waals surface area contributed by atoms with E-state index in [-0.39, 0.29) is 17.1 Å². The van der Waals surface area contributed by atoms with Crippen LogP contribution in [0.15, 0.2) is 0 Å². The molecule has 0 aromatic carbocycles. The van der Waals surface area contributed by atoms with Gasteiger partial charge in [0.2, 0.25) is 0 Å². The molecule has 2 fully saturated rings. The van der Waals surface area contributed by atoms with Crippen molar-refractivity contribution in [3.05, 3.63) is 0 Å². The number of amides is 1. The van der Waals surface area contributed by atoms with Gasteiger partial charge in [0.15, 0.2) is 0 Å².